The van der Waals surface area contributed by atoms with Gasteiger partial charge in [-0.2, -0.15) is 4.98 Å². The molecule has 1 fully saturated rings. The molecule has 1 aromatic heterocycles. The van der Waals surface area contributed by atoms with Gasteiger partial charge in [0.25, 0.3) is 5.91 Å². The number of nitrogens with zero attached hydrogens (tertiary/aromatic N) is 2. The zero-order valence-electron chi connectivity index (χ0n) is 14.4. The van der Waals surface area contributed by atoms with Crippen molar-refractivity contribution in [2.75, 3.05) is 18.5 Å². The largest absolute Gasteiger partial charge is 0.461 e. The summed E-state index contributed by atoms with van der Waals surface area (Å²) in [6.07, 6.45) is 1.21. The van der Waals surface area contributed by atoms with Gasteiger partial charge in [-0.3, -0.25) is 14.9 Å². The Kier molecular flexibility index (Phi) is 5.58. The lowest BCUT2D eigenvalue weighted by molar-refractivity contribution is -0.136. The van der Waals surface area contributed by atoms with Crippen LogP contribution < -0.4 is 5.32 Å². The minimum Gasteiger partial charge on any atom is -0.461 e. The SMILES string of the molecule is CCOC(=O)c1nc(NC(=O)[C@@H](C(C)C)N2CCCC2=O)oc1C. The molecule has 2 amide bonds. The first-order chi connectivity index (χ1) is 11.3. The first-order valence-corrected chi connectivity index (χ1v) is 8.10. The van der Waals surface area contributed by atoms with Crippen LogP contribution in [-0.4, -0.2) is 46.9 Å². The number of hydrogen-bond acceptors (Lipinski definition) is 6. The van der Waals surface area contributed by atoms with Crippen molar-refractivity contribution in [3.8, 4) is 0 Å². The average Bonchev–Trinajstić information content (AvgIpc) is 3.06. The Labute approximate surface area is 140 Å². The first kappa shape index (κ1) is 18.0. The fraction of sp³-hybridized carbons (Fsp3) is 0.625. The number of anilines is 1. The van der Waals surface area contributed by atoms with Gasteiger partial charge < -0.3 is 14.1 Å². The third kappa shape index (κ3) is 3.74. The second-order valence-corrected chi connectivity index (χ2v) is 6.01. The molecule has 2 heterocycles. The van der Waals surface area contributed by atoms with E-state index in [4.69, 9.17) is 9.15 Å². The lowest BCUT2D eigenvalue weighted by atomic mass is 10.0. The first-order valence-electron chi connectivity index (χ1n) is 8.10. The smallest absolute Gasteiger partial charge is 0.360 e. The monoisotopic (exact) mass is 337 g/mol. The molecular weight excluding hydrogens is 314 g/mol. The number of likely N-dealkylation sites (tertiary alicyclic amines) is 1. The van der Waals surface area contributed by atoms with Crippen LogP contribution in [-0.2, 0) is 14.3 Å². The minimum atomic E-state index is -0.602. The topological polar surface area (TPSA) is 102 Å². The fourth-order valence-corrected chi connectivity index (χ4v) is 2.79. The van der Waals surface area contributed by atoms with Crippen LogP contribution in [0.25, 0.3) is 0 Å². The second-order valence-electron chi connectivity index (χ2n) is 6.01. The van der Waals surface area contributed by atoms with Crippen LogP contribution in [0, 0.1) is 12.8 Å². The number of esters is 1. The summed E-state index contributed by atoms with van der Waals surface area (Å²) < 4.78 is 10.2. The molecule has 24 heavy (non-hydrogen) atoms. The number of amides is 2. The molecule has 0 radical (unpaired) electrons. The lowest BCUT2D eigenvalue weighted by Gasteiger charge is -2.29. The van der Waals surface area contributed by atoms with Crippen LogP contribution in [0.15, 0.2) is 4.42 Å². The number of carbonyl (C=O) groups excluding carboxylic acids is 3. The predicted molar refractivity (Wildman–Crippen MR) is 85.4 cm³/mol. The van der Waals surface area contributed by atoms with Crippen molar-refractivity contribution < 1.29 is 23.5 Å². The van der Waals surface area contributed by atoms with E-state index >= 15 is 0 Å². The van der Waals surface area contributed by atoms with Crippen molar-refractivity contribution in [1.29, 1.82) is 0 Å². The number of carbonyl (C=O) groups is 3. The number of hydrogen-bond donors (Lipinski definition) is 1. The van der Waals surface area contributed by atoms with E-state index in [-0.39, 0.29) is 41.8 Å². The van der Waals surface area contributed by atoms with Gasteiger partial charge >= 0.3 is 12.0 Å². The number of oxazole rings is 1. The van der Waals surface area contributed by atoms with Gasteiger partial charge in [-0.25, -0.2) is 4.79 Å². The van der Waals surface area contributed by atoms with Gasteiger partial charge in [0, 0.05) is 13.0 Å². The third-order valence-electron chi connectivity index (χ3n) is 3.84. The van der Waals surface area contributed by atoms with Crippen molar-refractivity contribution in [2.45, 2.75) is 46.6 Å². The van der Waals surface area contributed by atoms with Crippen LogP contribution in [0.2, 0.25) is 0 Å². The molecule has 1 N–H and O–H groups in total. The quantitative estimate of drug-likeness (QED) is 0.793. The van der Waals surface area contributed by atoms with Crippen LogP contribution in [0.4, 0.5) is 6.01 Å². The molecule has 8 nitrogen and oxygen atoms in total. The van der Waals surface area contributed by atoms with Gasteiger partial charge in [0.05, 0.1) is 6.61 Å². The van der Waals surface area contributed by atoms with Gasteiger partial charge in [0.15, 0.2) is 5.69 Å². The number of aryl methyl sites for hydroxylation is 1. The molecule has 8 heteroatoms. The lowest BCUT2D eigenvalue weighted by Crippen LogP contribution is -2.48. The zero-order valence-corrected chi connectivity index (χ0v) is 14.4. The van der Waals surface area contributed by atoms with Crippen LogP contribution in [0.5, 0.6) is 0 Å². The highest BCUT2D eigenvalue weighted by Crippen LogP contribution is 2.21. The highest BCUT2D eigenvalue weighted by Gasteiger charge is 2.35. The maximum atomic E-state index is 12.6. The molecule has 2 rings (SSSR count). The maximum absolute atomic E-state index is 12.6. The molecule has 1 atom stereocenters. The summed E-state index contributed by atoms with van der Waals surface area (Å²) in [4.78, 5) is 41.8. The molecule has 0 spiro atoms. The molecule has 0 unspecified atom stereocenters. The van der Waals surface area contributed by atoms with Crippen molar-refractivity contribution in [3.05, 3.63) is 11.5 Å². The molecule has 0 aromatic carbocycles. The van der Waals surface area contributed by atoms with Crippen LogP contribution >= 0.6 is 0 Å². The van der Waals surface area contributed by atoms with E-state index in [0.29, 0.717) is 13.0 Å². The maximum Gasteiger partial charge on any atom is 0.360 e. The standard InChI is InChI=1S/C16H23N3O5/c1-5-23-15(22)12-10(4)24-16(17-12)18-14(21)13(9(2)3)19-8-6-7-11(19)20/h9,13H,5-8H2,1-4H3,(H,17,18,21)/t13-/m1/s1. The van der Waals surface area contributed by atoms with E-state index in [2.05, 4.69) is 10.3 Å². The molecule has 0 saturated carbocycles. The fourth-order valence-electron chi connectivity index (χ4n) is 2.79. The summed E-state index contributed by atoms with van der Waals surface area (Å²) in [6.45, 7) is 7.80. The highest BCUT2D eigenvalue weighted by molar-refractivity contribution is 5.97. The van der Waals surface area contributed by atoms with Gasteiger partial charge in [0.2, 0.25) is 5.91 Å². The van der Waals surface area contributed by atoms with E-state index in [0.717, 1.165) is 6.42 Å². The summed E-state index contributed by atoms with van der Waals surface area (Å²) in [6, 6.07) is -0.670. The van der Waals surface area contributed by atoms with Crippen LogP contribution in [0.1, 0.15) is 49.9 Å². The van der Waals surface area contributed by atoms with E-state index in [1.54, 1.807) is 18.7 Å². The van der Waals surface area contributed by atoms with Gasteiger partial charge in [-0.1, -0.05) is 13.8 Å². The Morgan fingerprint density at radius 3 is 2.67 bits per heavy atom. The molecule has 0 aliphatic carbocycles. The minimum absolute atomic E-state index is 0.0281. The summed E-state index contributed by atoms with van der Waals surface area (Å²) in [5.74, 6) is -0.805. The zero-order chi connectivity index (χ0) is 17.9. The second kappa shape index (κ2) is 7.46. The number of ether oxygens (including phenoxy) is 1. The Morgan fingerprint density at radius 2 is 2.12 bits per heavy atom. The number of rotatable bonds is 6. The predicted octanol–water partition coefficient (Wildman–Crippen LogP) is 1.75. The Hall–Kier alpha value is -2.38. The Morgan fingerprint density at radius 1 is 1.42 bits per heavy atom. The Balaban J connectivity index is 2.14. The average molecular weight is 337 g/mol. The summed E-state index contributed by atoms with van der Waals surface area (Å²) in [7, 11) is 0. The van der Waals surface area contributed by atoms with Gasteiger partial charge in [-0.05, 0) is 26.2 Å². The molecule has 1 saturated heterocycles. The van der Waals surface area contributed by atoms with Crippen LogP contribution in [0.3, 0.4) is 0 Å². The molecule has 1 aliphatic rings. The third-order valence-corrected chi connectivity index (χ3v) is 3.84. The molecule has 132 valence electrons. The summed E-state index contributed by atoms with van der Waals surface area (Å²) >= 11 is 0. The van der Waals surface area contributed by atoms with Crippen molar-refractivity contribution in [3.63, 3.8) is 0 Å². The van der Waals surface area contributed by atoms with Crippen molar-refractivity contribution >= 4 is 23.8 Å². The van der Waals surface area contributed by atoms with Crippen molar-refractivity contribution in [1.82, 2.24) is 9.88 Å². The molecule has 0 bridgehead atoms. The van der Waals surface area contributed by atoms with Gasteiger partial charge in [0.1, 0.15) is 11.8 Å². The summed E-state index contributed by atoms with van der Waals surface area (Å²) in [5, 5.41) is 2.56. The van der Waals surface area contributed by atoms with E-state index in [1.165, 1.54) is 0 Å². The summed E-state index contributed by atoms with van der Waals surface area (Å²) in [5.41, 5.74) is 0.0329. The van der Waals surface area contributed by atoms with E-state index < -0.39 is 12.0 Å². The molecule has 1 aliphatic heterocycles. The van der Waals surface area contributed by atoms with E-state index in [1.807, 2.05) is 13.8 Å². The number of nitrogens with one attached hydrogen (secondary N) is 1. The Bertz CT molecular complexity index is 638. The highest BCUT2D eigenvalue weighted by atomic mass is 16.5. The van der Waals surface area contributed by atoms with E-state index in [9.17, 15) is 14.4 Å². The number of aromatic nitrogens is 1. The van der Waals surface area contributed by atoms with Gasteiger partial charge in [-0.15, -0.1) is 0 Å². The van der Waals surface area contributed by atoms with Crippen molar-refractivity contribution in [2.24, 2.45) is 5.92 Å². The molecule has 1 aromatic rings. The molecular formula is C16H23N3O5. The normalized spacial score (nSPS) is 15.7.